The monoisotopic (exact) mass is 430 g/mol. The Bertz CT molecular complexity index is 676. The number of nitrogens with two attached hydrogens (primary N) is 1. The second-order valence-corrected chi connectivity index (χ2v) is 7.57. The Hall–Kier alpha value is -0.920. The van der Waals surface area contributed by atoms with Gasteiger partial charge in [-0.25, -0.2) is 0 Å². The van der Waals surface area contributed by atoms with Gasteiger partial charge < -0.3 is 15.4 Å². The number of carbonyl (C=O) groups excluding carboxylic acids is 1. The number of morpholine rings is 1. The molecule has 2 N–H and O–H groups in total. The van der Waals surface area contributed by atoms with Crippen LogP contribution in [0.25, 0.3) is 0 Å². The fourth-order valence-corrected chi connectivity index (χ4v) is 3.71. The second-order valence-electron chi connectivity index (χ2n) is 5.88. The van der Waals surface area contributed by atoms with Gasteiger partial charge in [-0.2, -0.15) is 11.3 Å². The fraction of sp³-hybridized carbons (Fsp3) is 0.353. The molecule has 1 aliphatic heterocycles. The third-order valence-electron chi connectivity index (χ3n) is 4.16. The largest absolute Gasteiger partial charge is 0.370 e. The molecular formula is C17H20BrClN2O2S. The molecule has 1 amide bonds. The van der Waals surface area contributed by atoms with Crippen LogP contribution >= 0.6 is 39.7 Å². The number of rotatable bonds is 3. The van der Waals surface area contributed by atoms with Gasteiger partial charge in [-0.1, -0.05) is 28.1 Å². The average Bonchev–Trinajstić information content (AvgIpc) is 3.09. The molecule has 24 heavy (non-hydrogen) atoms. The van der Waals surface area contributed by atoms with Crippen LogP contribution in [0.2, 0.25) is 0 Å². The molecule has 1 aromatic carbocycles. The first kappa shape index (κ1) is 19.4. The summed E-state index contributed by atoms with van der Waals surface area (Å²) in [5.74, 6) is -0.0663. The van der Waals surface area contributed by atoms with E-state index in [-0.39, 0.29) is 24.4 Å². The van der Waals surface area contributed by atoms with Gasteiger partial charge in [-0.15, -0.1) is 12.4 Å². The van der Waals surface area contributed by atoms with Gasteiger partial charge in [0, 0.05) is 11.0 Å². The molecule has 7 heteroatoms. The molecule has 0 spiro atoms. The standard InChI is InChI=1S/C17H19BrN2O2S.ClH/c1-17(19,13-2-4-14(18)5-3-13)16(21)20-7-8-22-15(10-20)12-6-9-23-11-12;/h2-6,9,11,15H,7-8,10,19H2,1H3;1H. The first-order chi connectivity index (χ1) is 11.0. The van der Waals surface area contributed by atoms with Crippen molar-refractivity contribution in [1.29, 1.82) is 0 Å². The van der Waals surface area contributed by atoms with E-state index in [0.717, 1.165) is 15.6 Å². The van der Waals surface area contributed by atoms with Crippen LogP contribution in [-0.2, 0) is 15.1 Å². The van der Waals surface area contributed by atoms with E-state index in [4.69, 9.17) is 10.5 Å². The lowest BCUT2D eigenvalue weighted by atomic mass is 9.91. The Balaban J connectivity index is 0.00000208. The van der Waals surface area contributed by atoms with Gasteiger partial charge in [0.05, 0.1) is 13.2 Å². The Labute approximate surface area is 160 Å². The van der Waals surface area contributed by atoms with Gasteiger partial charge in [-0.05, 0) is 47.0 Å². The topological polar surface area (TPSA) is 55.6 Å². The molecule has 1 aromatic heterocycles. The van der Waals surface area contributed by atoms with E-state index < -0.39 is 5.54 Å². The number of ether oxygens (including phenoxy) is 1. The van der Waals surface area contributed by atoms with Crippen molar-refractivity contribution in [2.24, 2.45) is 5.73 Å². The lowest BCUT2D eigenvalue weighted by molar-refractivity contribution is -0.144. The molecule has 1 aliphatic rings. The van der Waals surface area contributed by atoms with Crippen LogP contribution in [0.1, 0.15) is 24.2 Å². The van der Waals surface area contributed by atoms with Gasteiger partial charge in [0.25, 0.3) is 0 Å². The predicted molar refractivity (Wildman–Crippen MR) is 103 cm³/mol. The molecule has 4 nitrogen and oxygen atoms in total. The summed E-state index contributed by atoms with van der Waals surface area (Å²) in [7, 11) is 0. The SMILES string of the molecule is CC(N)(C(=O)N1CCOC(c2ccsc2)C1)c1ccc(Br)cc1.Cl. The summed E-state index contributed by atoms with van der Waals surface area (Å²) in [5, 5.41) is 4.09. The molecular weight excluding hydrogens is 412 g/mol. The minimum atomic E-state index is -1.04. The van der Waals surface area contributed by atoms with E-state index in [0.29, 0.717) is 19.7 Å². The number of thiophene rings is 1. The first-order valence-corrected chi connectivity index (χ1v) is 9.20. The molecule has 2 heterocycles. The van der Waals surface area contributed by atoms with Crippen LogP contribution < -0.4 is 5.73 Å². The van der Waals surface area contributed by atoms with Crippen LogP contribution in [0.3, 0.4) is 0 Å². The van der Waals surface area contributed by atoms with E-state index in [1.54, 1.807) is 18.3 Å². The van der Waals surface area contributed by atoms with E-state index in [2.05, 4.69) is 21.3 Å². The molecule has 0 radical (unpaired) electrons. The molecule has 2 atom stereocenters. The second kappa shape index (κ2) is 7.97. The quantitative estimate of drug-likeness (QED) is 0.806. The molecule has 2 unspecified atom stereocenters. The zero-order chi connectivity index (χ0) is 16.4. The zero-order valence-electron chi connectivity index (χ0n) is 13.3. The summed E-state index contributed by atoms with van der Waals surface area (Å²) in [5.41, 5.74) is 7.27. The smallest absolute Gasteiger partial charge is 0.247 e. The summed E-state index contributed by atoms with van der Waals surface area (Å²) in [4.78, 5) is 14.8. The minimum absolute atomic E-state index is 0. The predicted octanol–water partition coefficient (Wildman–Crippen LogP) is 3.71. The highest BCUT2D eigenvalue weighted by Crippen LogP contribution is 2.28. The van der Waals surface area contributed by atoms with Gasteiger partial charge in [0.15, 0.2) is 0 Å². The third-order valence-corrected chi connectivity index (χ3v) is 5.39. The van der Waals surface area contributed by atoms with Crippen molar-refractivity contribution < 1.29 is 9.53 Å². The molecule has 130 valence electrons. The highest BCUT2D eigenvalue weighted by molar-refractivity contribution is 9.10. The van der Waals surface area contributed by atoms with E-state index in [9.17, 15) is 4.79 Å². The Morgan fingerprint density at radius 3 is 2.71 bits per heavy atom. The zero-order valence-corrected chi connectivity index (χ0v) is 16.5. The van der Waals surface area contributed by atoms with Crippen molar-refractivity contribution in [1.82, 2.24) is 4.90 Å². The van der Waals surface area contributed by atoms with Crippen molar-refractivity contribution in [3.63, 3.8) is 0 Å². The lowest BCUT2D eigenvalue weighted by Crippen LogP contribution is -2.54. The first-order valence-electron chi connectivity index (χ1n) is 7.46. The number of nitrogens with zero attached hydrogens (tertiary/aromatic N) is 1. The van der Waals surface area contributed by atoms with Gasteiger partial charge in [0.2, 0.25) is 5.91 Å². The lowest BCUT2D eigenvalue weighted by Gasteiger charge is -2.37. The highest BCUT2D eigenvalue weighted by Gasteiger charge is 2.37. The van der Waals surface area contributed by atoms with Crippen LogP contribution in [0.4, 0.5) is 0 Å². The van der Waals surface area contributed by atoms with Gasteiger partial charge >= 0.3 is 0 Å². The minimum Gasteiger partial charge on any atom is -0.370 e. The van der Waals surface area contributed by atoms with Crippen molar-refractivity contribution in [3.8, 4) is 0 Å². The van der Waals surface area contributed by atoms with Crippen molar-refractivity contribution in [3.05, 3.63) is 56.7 Å². The number of amides is 1. The summed E-state index contributed by atoms with van der Waals surface area (Å²) < 4.78 is 6.77. The maximum absolute atomic E-state index is 13.0. The third kappa shape index (κ3) is 4.00. The summed E-state index contributed by atoms with van der Waals surface area (Å²) in [6.07, 6.45) is -0.0698. The Morgan fingerprint density at radius 2 is 2.08 bits per heavy atom. The van der Waals surface area contributed by atoms with E-state index >= 15 is 0 Å². The fourth-order valence-electron chi connectivity index (χ4n) is 2.74. The van der Waals surface area contributed by atoms with Gasteiger partial charge in [0.1, 0.15) is 11.6 Å². The molecule has 1 fully saturated rings. The maximum atomic E-state index is 13.0. The summed E-state index contributed by atoms with van der Waals surface area (Å²) in [6.45, 7) is 3.41. The number of halogens is 2. The Morgan fingerprint density at radius 1 is 1.38 bits per heavy atom. The van der Waals surface area contributed by atoms with Crippen LogP contribution in [0.15, 0.2) is 45.6 Å². The molecule has 3 rings (SSSR count). The molecule has 0 bridgehead atoms. The summed E-state index contributed by atoms with van der Waals surface area (Å²) >= 11 is 5.04. The normalized spacial score (nSPS) is 20.1. The number of carbonyl (C=O) groups is 1. The molecule has 0 saturated carbocycles. The van der Waals surface area contributed by atoms with Crippen LogP contribution in [-0.4, -0.2) is 30.5 Å². The van der Waals surface area contributed by atoms with Crippen LogP contribution in [0.5, 0.6) is 0 Å². The number of hydrogen-bond donors (Lipinski definition) is 1. The van der Waals surface area contributed by atoms with E-state index in [1.165, 1.54) is 0 Å². The maximum Gasteiger partial charge on any atom is 0.247 e. The number of hydrogen-bond acceptors (Lipinski definition) is 4. The van der Waals surface area contributed by atoms with E-state index in [1.807, 2.05) is 40.6 Å². The number of benzene rings is 1. The summed E-state index contributed by atoms with van der Waals surface area (Å²) in [6, 6.07) is 9.62. The van der Waals surface area contributed by atoms with Crippen LogP contribution in [0, 0.1) is 0 Å². The molecule has 1 saturated heterocycles. The average molecular weight is 432 g/mol. The van der Waals surface area contributed by atoms with Gasteiger partial charge in [-0.3, -0.25) is 4.79 Å². The Kier molecular flexibility index (Phi) is 6.45. The molecule has 2 aromatic rings. The van der Waals surface area contributed by atoms with Crippen molar-refractivity contribution in [2.45, 2.75) is 18.6 Å². The molecule has 0 aliphatic carbocycles. The highest BCUT2D eigenvalue weighted by atomic mass is 79.9. The van der Waals surface area contributed by atoms with Crippen molar-refractivity contribution in [2.75, 3.05) is 19.7 Å². The van der Waals surface area contributed by atoms with Crippen molar-refractivity contribution >= 4 is 45.6 Å².